The molecule has 7 nitrogen and oxygen atoms in total. The van der Waals surface area contributed by atoms with Gasteiger partial charge in [-0.05, 0) is 54.0 Å². The number of rotatable bonds is 5. The van der Waals surface area contributed by atoms with Crippen molar-refractivity contribution in [2.75, 3.05) is 45.0 Å². The second kappa shape index (κ2) is 7.91. The number of carbonyl (C=O) groups excluding carboxylic acids is 1. The average Bonchev–Trinajstić information content (AvgIpc) is 3.40. The number of methoxy groups -OCH3 is 1. The molecule has 156 valence electrons. The van der Waals surface area contributed by atoms with Gasteiger partial charge in [-0.3, -0.25) is 9.80 Å². The van der Waals surface area contributed by atoms with Crippen molar-refractivity contribution in [2.24, 2.45) is 0 Å². The molecule has 0 spiro atoms. The van der Waals surface area contributed by atoms with Crippen molar-refractivity contribution in [3.8, 4) is 17.2 Å². The molecule has 0 radical (unpaired) electrons. The summed E-state index contributed by atoms with van der Waals surface area (Å²) in [5.41, 5.74) is 3.32. The van der Waals surface area contributed by atoms with E-state index in [4.69, 9.17) is 18.9 Å². The SMILES string of the molecule is COc1ccc(N2C[C@H](CN3CC=C(c4ccc5c(c4)OCO5)CC3)OC2=O)cc1. The minimum atomic E-state index is -0.293. The number of hydrogen-bond acceptors (Lipinski definition) is 6. The largest absolute Gasteiger partial charge is 0.497 e. The smallest absolute Gasteiger partial charge is 0.414 e. The third-order valence-corrected chi connectivity index (χ3v) is 5.76. The highest BCUT2D eigenvalue weighted by molar-refractivity contribution is 5.89. The van der Waals surface area contributed by atoms with Gasteiger partial charge in [-0.25, -0.2) is 4.79 Å². The number of anilines is 1. The fraction of sp³-hybridized carbons (Fsp3) is 0.348. The number of benzene rings is 2. The quantitative estimate of drug-likeness (QED) is 0.754. The zero-order chi connectivity index (χ0) is 20.5. The molecule has 0 N–H and O–H groups in total. The Labute approximate surface area is 175 Å². The molecule has 1 fully saturated rings. The third kappa shape index (κ3) is 3.68. The summed E-state index contributed by atoms with van der Waals surface area (Å²) in [6.07, 6.45) is 2.76. The molecule has 1 amide bonds. The third-order valence-electron chi connectivity index (χ3n) is 5.76. The predicted octanol–water partition coefficient (Wildman–Crippen LogP) is 3.54. The number of fused-ring (bicyclic) bond motifs is 1. The van der Waals surface area contributed by atoms with Crippen LogP contribution in [0, 0.1) is 0 Å². The molecule has 30 heavy (non-hydrogen) atoms. The first kappa shape index (κ1) is 18.8. The van der Waals surface area contributed by atoms with E-state index in [1.807, 2.05) is 30.3 Å². The molecule has 0 bridgehead atoms. The van der Waals surface area contributed by atoms with Crippen molar-refractivity contribution < 1.29 is 23.7 Å². The molecule has 5 rings (SSSR count). The van der Waals surface area contributed by atoms with Crippen molar-refractivity contribution >= 4 is 17.4 Å². The van der Waals surface area contributed by atoms with Crippen LogP contribution in [0.4, 0.5) is 10.5 Å². The first-order valence-corrected chi connectivity index (χ1v) is 10.1. The minimum Gasteiger partial charge on any atom is -0.497 e. The maximum Gasteiger partial charge on any atom is 0.414 e. The molecular formula is C23H24N2O5. The second-order valence-electron chi connectivity index (χ2n) is 7.62. The Balaban J connectivity index is 1.19. The van der Waals surface area contributed by atoms with Crippen molar-refractivity contribution in [1.29, 1.82) is 0 Å². The van der Waals surface area contributed by atoms with Crippen LogP contribution in [0.15, 0.2) is 48.5 Å². The van der Waals surface area contributed by atoms with Crippen LogP contribution < -0.4 is 19.1 Å². The highest BCUT2D eigenvalue weighted by atomic mass is 16.7. The van der Waals surface area contributed by atoms with Gasteiger partial charge in [0.05, 0.1) is 13.7 Å². The summed E-state index contributed by atoms with van der Waals surface area (Å²) < 4.78 is 21.7. The molecule has 0 aromatic heterocycles. The Kier molecular flexibility index (Phi) is 4.96. The first-order valence-electron chi connectivity index (χ1n) is 10.1. The summed E-state index contributed by atoms with van der Waals surface area (Å²) in [6.45, 7) is 3.33. The van der Waals surface area contributed by atoms with Crippen LogP contribution in [0.1, 0.15) is 12.0 Å². The van der Waals surface area contributed by atoms with Gasteiger partial charge in [0.2, 0.25) is 6.79 Å². The topological polar surface area (TPSA) is 60.5 Å². The van der Waals surface area contributed by atoms with Crippen LogP contribution in [0.25, 0.3) is 5.57 Å². The van der Waals surface area contributed by atoms with Crippen LogP contribution in [-0.4, -0.2) is 57.2 Å². The van der Waals surface area contributed by atoms with E-state index >= 15 is 0 Å². The van der Waals surface area contributed by atoms with E-state index in [0.717, 1.165) is 49.0 Å². The lowest BCUT2D eigenvalue weighted by atomic mass is 9.99. The van der Waals surface area contributed by atoms with E-state index in [2.05, 4.69) is 23.1 Å². The highest BCUT2D eigenvalue weighted by Gasteiger charge is 2.33. The van der Waals surface area contributed by atoms with E-state index in [1.54, 1.807) is 12.0 Å². The average molecular weight is 408 g/mol. The van der Waals surface area contributed by atoms with Gasteiger partial charge in [0.1, 0.15) is 11.9 Å². The van der Waals surface area contributed by atoms with Gasteiger partial charge in [0.15, 0.2) is 11.5 Å². The fourth-order valence-electron chi connectivity index (χ4n) is 4.11. The Morgan fingerprint density at radius 1 is 1.10 bits per heavy atom. The lowest BCUT2D eigenvalue weighted by Crippen LogP contribution is -2.37. The van der Waals surface area contributed by atoms with Crippen LogP contribution in [0.2, 0.25) is 0 Å². The molecule has 0 aliphatic carbocycles. The number of cyclic esters (lactones) is 1. The molecule has 3 aliphatic rings. The van der Waals surface area contributed by atoms with E-state index < -0.39 is 0 Å². The molecule has 1 saturated heterocycles. The van der Waals surface area contributed by atoms with Crippen molar-refractivity contribution in [1.82, 2.24) is 4.90 Å². The lowest BCUT2D eigenvalue weighted by Gasteiger charge is -2.28. The van der Waals surface area contributed by atoms with Gasteiger partial charge in [-0.15, -0.1) is 0 Å². The van der Waals surface area contributed by atoms with Crippen LogP contribution >= 0.6 is 0 Å². The number of amides is 1. The number of ether oxygens (including phenoxy) is 4. The van der Waals surface area contributed by atoms with E-state index in [0.29, 0.717) is 13.3 Å². The maximum absolute atomic E-state index is 12.3. The molecule has 3 aliphatic heterocycles. The van der Waals surface area contributed by atoms with Gasteiger partial charge in [0.25, 0.3) is 0 Å². The van der Waals surface area contributed by atoms with E-state index in [-0.39, 0.29) is 12.2 Å². The second-order valence-corrected chi connectivity index (χ2v) is 7.62. The molecule has 7 heteroatoms. The number of hydrogen-bond donors (Lipinski definition) is 0. The molecule has 1 atom stereocenters. The minimum absolute atomic E-state index is 0.139. The maximum atomic E-state index is 12.3. The molecular weight excluding hydrogens is 384 g/mol. The standard InChI is InChI=1S/C23H24N2O5/c1-27-19-5-3-18(4-6-19)25-14-20(30-23(25)26)13-24-10-8-16(9-11-24)17-2-7-21-22(12-17)29-15-28-21/h2-8,12,20H,9-11,13-15H2,1H3/t20-/m0/s1. The van der Waals surface area contributed by atoms with Crippen molar-refractivity contribution in [3.63, 3.8) is 0 Å². The van der Waals surface area contributed by atoms with E-state index in [1.165, 1.54) is 11.1 Å². The lowest BCUT2D eigenvalue weighted by molar-refractivity contribution is 0.112. The predicted molar refractivity (Wildman–Crippen MR) is 112 cm³/mol. The summed E-state index contributed by atoms with van der Waals surface area (Å²) in [4.78, 5) is 16.3. The fourth-order valence-corrected chi connectivity index (χ4v) is 4.11. The zero-order valence-corrected chi connectivity index (χ0v) is 16.9. The molecule has 3 heterocycles. The van der Waals surface area contributed by atoms with Gasteiger partial charge >= 0.3 is 6.09 Å². The van der Waals surface area contributed by atoms with E-state index in [9.17, 15) is 4.79 Å². The molecule has 0 unspecified atom stereocenters. The zero-order valence-electron chi connectivity index (χ0n) is 16.9. The number of nitrogens with zero attached hydrogens (tertiary/aromatic N) is 2. The van der Waals surface area contributed by atoms with Gasteiger partial charge in [0, 0.05) is 25.3 Å². The summed E-state index contributed by atoms with van der Waals surface area (Å²) in [5.74, 6) is 2.38. The summed E-state index contributed by atoms with van der Waals surface area (Å²) in [6, 6.07) is 13.6. The van der Waals surface area contributed by atoms with Gasteiger partial charge < -0.3 is 18.9 Å². The number of carbonyl (C=O) groups is 1. The molecule has 2 aromatic carbocycles. The summed E-state index contributed by atoms with van der Waals surface area (Å²) >= 11 is 0. The van der Waals surface area contributed by atoms with Gasteiger partial charge in [-0.1, -0.05) is 12.1 Å². The van der Waals surface area contributed by atoms with Crippen LogP contribution in [0.5, 0.6) is 17.2 Å². The molecule has 0 saturated carbocycles. The summed E-state index contributed by atoms with van der Waals surface area (Å²) in [5, 5.41) is 0. The Bertz CT molecular complexity index is 972. The monoisotopic (exact) mass is 408 g/mol. The van der Waals surface area contributed by atoms with Crippen LogP contribution in [-0.2, 0) is 4.74 Å². The van der Waals surface area contributed by atoms with Crippen molar-refractivity contribution in [2.45, 2.75) is 12.5 Å². The Morgan fingerprint density at radius 2 is 1.93 bits per heavy atom. The van der Waals surface area contributed by atoms with Gasteiger partial charge in [-0.2, -0.15) is 0 Å². The van der Waals surface area contributed by atoms with Crippen molar-refractivity contribution in [3.05, 3.63) is 54.1 Å². The highest BCUT2D eigenvalue weighted by Crippen LogP contribution is 2.35. The Hall–Kier alpha value is -3.19. The Morgan fingerprint density at radius 3 is 2.70 bits per heavy atom. The normalized spacial score (nSPS) is 20.8. The molecule has 2 aromatic rings. The van der Waals surface area contributed by atoms with Crippen LogP contribution in [0.3, 0.4) is 0 Å². The first-order chi connectivity index (χ1) is 14.7. The summed E-state index contributed by atoms with van der Waals surface area (Å²) in [7, 11) is 1.63.